The van der Waals surface area contributed by atoms with E-state index in [0.717, 1.165) is 11.1 Å². The number of hydrogen-bond acceptors (Lipinski definition) is 4. The van der Waals surface area contributed by atoms with Crippen molar-refractivity contribution in [2.75, 3.05) is 6.61 Å². The van der Waals surface area contributed by atoms with Crippen molar-refractivity contribution in [3.8, 4) is 5.75 Å². The molecule has 0 saturated heterocycles. The zero-order valence-electron chi connectivity index (χ0n) is 14.9. The Kier molecular flexibility index (Phi) is 5.06. The van der Waals surface area contributed by atoms with E-state index >= 15 is 0 Å². The van der Waals surface area contributed by atoms with Gasteiger partial charge in [-0.15, -0.1) is 0 Å². The van der Waals surface area contributed by atoms with E-state index in [9.17, 15) is 4.79 Å². The number of fused-ring (bicyclic) bond motifs is 2. The Balaban J connectivity index is 2.22. The van der Waals surface area contributed by atoms with Crippen LogP contribution in [0, 0.1) is 0 Å². The molecule has 0 saturated carbocycles. The Morgan fingerprint density at radius 1 is 1.16 bits per heavy atom. The fourth-order valence-corrected chi connectivity index (χ4v) is 4.34. The molecule has 0 aliphatic carbocycles. The first-order chi connectivity index (χ1) is 11.7. The highest BCUT2D eigenvalue weighted by molar-refractivity contribution is 6.58. The van der Waals surface area contributed by atoms with Crippen molar-refractivity contribution in [1.29, 1.82) is 0 Å². The van der Waals surface area contributed by atoms with Crippen molar-refractivity contribution in [1.82, 2.24) is 4.90 Å². The van der Waals surface area contributed by atoms with Gasteiger partial charge in [0.05, 0.1) is 18.2 Å². The molecule has 0 spiro atoms. The van der Waals surface area contributed by atoms with E-state index in [0.29, 0.717) is 24.5 Å². The quantitative estimate of drug-likeness (QED) is 0.572. The van der Waals surface area contributed by atoms with Crippen molar-refractivity contribution in [2.24, 2.45) is 0 Å². The molecule has 3 rings (SSSR count). The maximum Gasteiger partial charge on any atom is 0.350 e. The highest BCUT2D eigenvalue weighted by Crippen LogP contribution is 2.47. The molecule has 0 fully saturated rings. The van der Waals surface area contributed by atoms with Gasteiger partial charge in [-0.05, 0) is 45.4 Å². The van der Waals surface area contributed by atoms with Crippen LogP contribution in [0.5, 0.6) is 5.75 Å². The Bertz CT molecular complexity index is 704. The third-order valence-corrected chi connectivity index (χ3v) is 5.41. The van der Waals surface area contributed by atoms with Gasteiger partial charge in [-0.1, -0.05) is 35.3 Å². The number of carbonyl (C=O) groups excluding carboxylic acids is 1. The van der Waals surface area contributed by atoms with Crippen LogP contribution >= 0.6 is 23.2 Å². The molecule has 2 heterocycles. The molecule has 1 unspecified atom stereocenters. The van der Waals surface area contributed by atoms with E-state index in [1.54, 1.807) is 0 Å². The fourth-order valence-electron chi connectivity index (χ4n) is 3.77. The predicted molar refractivity (Wildman–Crippen MR) is 99.9 cm³/mol. The summed E-state index contributed by atoms with van der Waals surface area (Å²) in [6.07, 6.45) is 0.596. The molecule has 1 aromatic rings. The summed E-state index contributed by atoms with van der Waals surface area (Å²) in [5, 5.41) is 0. The third kappa shape index (κ3) is 3.16. The number of para-hydroxylation sites is 1. The number of carbonyl (C=O) groups is 1. The molecule has 2 aliphatic heterocycles. The van der Waals surface area contributed by atoms with Gasteiger partial charge in [-0.2, -0.15) is 0 Å². The predicted octanol–water partition coefficient (Wildman–Crippen LogP) is 4.40. The second-order valence-corrected chi connectivity index (χ2v) is 8.38. The van der Waals surface area contributed by atoms with Gasteiger partial charge in [0.2, 0.25) is 4.33 Å². The first-order valence-electron chi connectivity index (χ1n) is 8.58. The van der Waals surface area contributed by atoms with Crippen molar-refractivity contribution in [2.45, 2.75) is 56.6 Å². The van der Waals surface area contributed by atoms with E-state index < -0.39 is 16.3 Å². The van der Waals surface area contributed by atoms with Gasteiger partial charge < -0.3 is 9.47 Å². The van der Waals surface area contributed by atoms with Gasteiger partial charge in [0.15, 0.2) is 0 Å². The molecule has 0 N–H and O–H groups in total. The normalized spacial score (nSPS) is 22.4. The van der Waals surface area contributed by atoms with Crippen molar-refractivity contribution < 1.29 is 14.3 Å². The highest BCUT2D eigenvalue weighted by atomic mass is 35.5. The molecule has 4 nitrogen and oxygen atoms in total. The second-order valence-electron chi connectivity index (χ2n) is 7.00. The summed E-state index contributed by atoms with van der Waals surface area (Å²) in [5.74, 6) is 0.602. The topological polar surface area (TPSA) is 38.8 Å². The number of esters is 1. The number of hydrogen-bond donors (Lipinski definition) is 0. The average Bonchev–Trinajstić information content (AvgIpc) is 2.70. The van der Waals surface area contributed by atoms with E-state index in [-0.39, 0.29) is 12.1 Å². The number of alkyl halides is 2. The summed E-state index contributed by atoms with van der Waals surface area (Å²) in [6, 6.07) is 7.40. The van der Waals surface area contributed by atoms with Crippen LogP contribution in [-0.2, 0) is 9.53 Å². The maximum absolute atomic E-state index is 12.7. The van der Waals surface area contributed by atoms with Crippen LogP contribution in [0.4, 0.5) is 0 Å². The first kappa shape index (κ1) is 18.6. The van der Waals surface area contributed by atoms with Crippen molar-refractivity contribution in [3.05, 3.63) is 35.4 Å². The SMILES string of the molecule is CC(C)N(C(C)C)C1C2=C(OC(=O)C1(Cl)Cl)c1ccccc1OCC2. The molecule has 0 radical (unpaired) electrons. The molecular formula is C19H23Cl2NO3. The number of nitrogens with zero attached hydrogens (tertiary/aromatic N) is 1. The minimum atomic E-state index is -1.66. The van der Waals surface area contributed by atoms with E-state index in [1.807, 2.05) is 24.3 Å². The number of halogens is 2. The lowest BCUT2D eigenvalue weighted by atomic mass is 9.91. The van der Waals surface area contributed by atoms with Crippen LogP contribution < -0.4 is 4.74 Å². The van der Waals surface area contributed by atoms with Crippen LogP contribution in [0.1, 0.15) is 39.7 Å². The zero-order valence-corrected chi connectivity index (χ0v) is 16.4. The van der Waals surface area contributed by atoms with E-state index in [1.165, 1.54) is 0 Å². The Morgan fingerprint density at radius 2 is 1.80 bits per heavy atom. The summed E-state index contributed by atoms with van der Waals surface area (Å²) in [4.78, 5) is 14.8. The largest absolute Gasteiger partial charge is 0.492 e. The molecule has 25 heavy (non-hydrogen) atoms. The summed E-state index contributed by atoms with van der Waals surface area (Å²) >= 11 is 13.1. The van der Waals surface area contributed by atoms with Gasteiger partial charge in [0.1, 0.15) is 11.5 Å². The standard InChI is InChI=1S/C19H23Cl2NO3/c1-11(2)22(12(3)4)17-14-9-10-24-15-8-6-5-7-13(15)16(14)25-18(23)19(17,20)21/h5-8,11-12,17H,9-10H2,1-4H3. The van der Waals surface area contributed by atoms with Crippen LogP contribution in [0.15, 0.2) is 29.8 Å². The smallest absolute Gasteiger partial charge is 0.350 e. The van der Waals surface area contributed by atoms with Crippen LogP contribution in [-0.4, -0.2) is 39.9 Å². The van der Waals surface area contributed by atoms with Crippen molar-refractivity contribution in [3.63, 3.8) is 0 Å². The molecule has 2 aliphatic rings. The lowest BCUT2D eigenvalue weighted by Crippen LogP contribution is -2.58. The summed E-state index contributed by atoms with van der Waals surface area (Å²) in [6.45, 7) is 8.78. The maximum atomic E-state index is 12.7. The molecule has 0 amide bonds. The number of rotatable bonds is 3. The van der Waals surface area contributed by atoms with Gasteiger partial charge >= 0.3 is 5.97 Å². The lowest BCUT2D eigenvalue weighted by molar-refractivity contribution is -0.140. The third-order valence-electron chi connectivity index (χ3n) is 4.68. The summed E-state index contributed by atoms with van der Waals surface area (Å²) in [5.41, 5.74) is 1.68. The second kappa shape index (κ2) is 6.82. The number of benzene rings is 1. The monoisotopic (exact) mass is 383 g/mol. The van der Waals surface area contributed by atoms with Gasteiger partial charge in [-0.3, -0.25) is 4.90 Å². The Morgan fingerprint density at radius 3 is 2.44 bits per heavy atom. The van der Waals surface area contributed by atoms with Gasteiger partial charge in [0.25, 0.3) is 0 Å². The van der Waals surface area contributed by atoms with Crippen LogP contribution in [0.3, 0.4) is 0 Å². The molecule has 6 heteroatoms. The van der Waals surface area contributed by atoms with Crippen LogP contribution in [0.2, 0.25) is 0 Å². The molecule has 1 atom stereocenters. The summed E-state index contributed by atoms with van der Waals surface area (Å²) < 4.78 is 9.82. The summed E-state index contributed by atoms with van der Waals surface area (Å²) in [7, 11) is 0. The molecule has 0 bridgehead atoms. The molecule has 0 aromatic heterocycles. The Labute approximate surface area is 158 Å². The Hall–Kier alpha value is -1.23. The fraction of sp³-hybridized carbons (Fsp3) is 0.526. The van der Waals surface area contributed by atoms with E-state index in [4.69, 9.17) is 32.7 Å². The number of ether oxygens (including phenoxy) is 2. The minimum Gasteiger partial charge on any atom is -0.492 e. The van der Waals surface area contributed by atoms with Crippen LogP contribution in [0.25, 0.3) is 5.76 Å². The van der Waals surface area contributed by atoms with E-state index in [2.05, 4.69) is 32.6 Å². The first-order valence-corrected chi connectivity index (χ1v) is 9.33. The molecular weight excluding hydrogens is 361 g/mol. The average molecular weight is 384 g/mol. The highest BCUT2D eigenvalue weighted by Gasteiger charge is 2.54. The lowest BCUT2D eigenvalue weighted by Gasteiger charge is -2.46. The van der Waals surface area contributed by atoms with Gasteiger partial charge in [0, 0.05) is 18.5 Å². The van der Waals surface area contributed by atoms with Crippen molar-refractivity contribution >= 4 is 34.9 Å². The molecule has 136 valence electrons. The minimum absolute atomic E-state index is 0.154. The van der Waals surface area contributed by atoms with Gasteiger partial charge in [-0.25, -0.2) is 4.79 Å². The molecule has 1 aromatic carbocycles. The zero-order chi connectivity index (χ0) is 18.4.